The molecule has 0 unspecified atom stereocenters. The van der Waals surface area contributed by atoms with Crippen LogP contribution in [0.4, 0.5) is 0 Å². The van der Waals surface area contributed by atoms with Crippen molar-refractivity contribution in [1.29, 1.82) is 0 Å². The van der Waals surface area contributed by atoms with Gasteiger partial charge in [0.15, 0.2) is 0 Å². The van der Waals surface area contributed by atoms with E-state index in [4.69, 9.17) is 4.42 Å². The molecule has 1 heteroatoms. The van der Waals surface area contributed by atoms with E-state index >= 15 is 0 Å². The summed E-state index contributed by atoms with van der Waals surface area (Å²) in [5, 5.41) is 14.6. The minimum atomic E-state index is 0.909. The van der Waals surface area contributed by atoms with Crippen molar-refractivity contribution >= 4 is 75.8 Å². The third-order valence-corrected chi connectivity index (χ3v) is 10.8. The zero-order valence-corrected chi connectivity index (χ0v) is 27.7. The molecule has 1 nitrogen and oxygen atoms in total. The highest BCUT2D eigenvalue weighted by Gasteiger charge is 2.21. The van der Waals surface area contributed by atoms with Crippen molar-refractivity contribution in [3.05, 3.63) is 182 Å². The van der Waals surface area contributed by atoms with Crippen molar-refractivity contribution in [3.63, 3.8) is 0 Å². The average Bonchev–Trinajstić information content (AvgIpc) is 3.60. The Morgan fingerprint density at radius 3 is 1.59 bits per heavy atom. The van der Waals surface area contributed by atoms with Crippen LogP contribution in [0, 0.1) is 0 Å². The first kappa shape index (κ1) is 28.2. The molecule has 0 aliphatic heterocycles. The summed E-state index contributed by atoms with van der Waals surface area (Å²) in [4.78, 5) is 0. The van der Waals surface area contributed by atoms with Gasteiger partial charge in [-0.25, -0.2) is 0 Å². The van der Waals surface area contributed by atoms with Crippen molar-refractivity contribution in [2.45, 2.75) is 0 Å². The lowest BCUT2D eigenvalue weighted by molar-refractivity contribution is 0.673. The highest BCUT2D eigenvalue weighted by atomic mass is 16.3. The fraction of sp³-hybridized carbons (Fsp3) is 0. The van der Waals surface area contributed by atoms with Gasteiger partial charge >= 0.3 is 0 Å². The van der Waals surface area contributed by atoms with Gasteiger partial charge in [-0.1, -0.05) is 164 Å². The Morgan fingerprint density at radius 1 is 0.294 bits per heavy atom. The summed E-state index contributed by atoms with van der Waals surface area (Å²) in [5.41, 5.74) is 9.26. The van der Waals surface area contributed by atoms with Crippen molar-refractivity contribution in [3.8, 4) is 33.4 Å². The Morgan fingerprint density at radius 2 is 0.843 bits per heavy atom. The van der Waals surface area contributed by atoms with Crippen LogP contribution in [0.25, 0.3) is 109 Å². The summed E-state index contributed by atoms with van der Waals surface area (Å²) in [6.45, 7) is 0. The third-order valence-electron chi connectivity index (χ3n) is 10.8. The van der Waals surface area contributed by atoms with Gasteiger partial charge in [0.05, 0.1) is 0 Å². The SMILES string of the molecule is c1ccc(-c2ccc3ccc4c(-c5c6ccccc6c(-c6cccc7oc8c9ccccc9ccc8c67)c6ccccc56)cccc4c3c2)cc1. The Kier molecular flexibility index (Phi) is 6.02. The van der Waals surface area contributed by atoms with Gasteiger partial charge in [0.1, 0.15) is 11.2 Å². The normalized spacial score (nSPS) is 11.9. The standard InChI is InChI=1S/C50H30O/c1-2-12-31(13-3-1)34-25-24-33-26-28-37-36(45(33)30-34)20-10-21-38(37)47-39-16-6-8-18-41(39)48(42-19-9-7-17-40(42)47)43-22-11-23-46-49(43)44-29-27-32-14-4-5-15-35(32)50(44)51-46/h1-30H. The molecule has 0 atom stereocenters. The maximum absolute atomic E-state index is 6.66. The smallest absolute Gasteiger partial charge is 0.143 e. The molecule has 11 aromatic rings. The molecule has 0 aliphatic rings. The van der Waals surface area contributed by atoms with Crippen LogP contribution in [0.15, 0.2) is 186 Å². The van der Waals surface area contributed by atoms with Crippen molar-refractivity contribution in [2.24, 2.45) is 0 Å². The molecule has 0 aliphatic carbocycles. The van der Waals surface area contributed by atoms with Gasteiger partial charge in [-0.15, -0.1) is 0 Å². The van der Waals surface area contributed by atoms with Gasteiger partial charge < -0.3 is 4.42 Å². The summed E-state index contributed by atoms with van der Waals surface area (Å²) in [5.74, 6) is 0. The van der Waals surface area contributed by atoms with Gasteiger partial charge in [-0.2, -0.15) is 0 Å². The minimum absolute atomic E-state index is 0.909. The molecule has 11 rings (SSSR count). The summed E-state index contributed by atoms with van der Waals surface area (Å²) in [6.07, 6.45) is 0. The molecule has 1 aromatic heterocycles. The number of hydrogen-bond donors (Lipinski definition) is 0. The number of fused-ring (bicyclic) bond motifs is 10. The molecule has 1 heterocycles. The van der Waals surface area contributed by atoms with Crippen LogP contribution in [-0.4, -0.2) is 0 Å². The van der Waals surface area contributed by atoms with Crippen LogP contribution in [0.3, 0.4) is 0 Å². The zero-order valence-electron chi connectivity index (χ0n) is 27.7. The molecule has 0 saturated heterocycles. The van der Waals surface area contributed by atoms with Crippen molar-refractivity contribution in [1.82, 2.24) is 0 Å². The number of hydrogen-bond acceptors (Lipinski definition) is 1. The van der Waals surface area contributed by atoms with E-state index in [1.165, 1.54) is 81.9 Å². The lowest BCUT2D eigenvalue weighted by Crippen LogP contribution is -1.92. The maximum atomic E-state index is 6.66. The van der Waals surface area contributed by atoms with E-state index in [1.807, 2.05) is 0 Å². The largest absolute Gasteiger partial charge is 0.455 e. The summed E-state index contributed by atoms with van der Waals surface area (Å²) >= 11 is 0. The highest BCUT2D eigenvalue weighted by molar-refractivity contribution is 6.28. The highest BCUT2D eigenvalue weighted by Crippen LogP contribution is 2.48. The van der Waals surface area contributed by atoms with E-state index in [0.29, 0.717) is 0 Å². The fourth-order valence-electron chi connectivity index (χ4n) is 8.59. The molecule has 0 fully saturated rings. The zero-order chi connectivity index (χ0) is 33.5. The van der Waals surface area contributed by atoms with Crippen LogP contribution in [0.5, 0.6) is 0 Å². The minimum Gasteiger partial charge on any atom is -0.455 e. The molecule has 10 aromatic carbocycles. The molecule has 0 bridgehead atoms. The first-order valence-corrected chi connectivity index (χ1v) is 17.6. The maximum Gasteiger partial charge on any atom is 0.143 e. The second-order valence-corrected chi connectivity index (χ2v) is 13.6. The lowest BCUT2D eigenvalue weighted by atomic mass is 9.83. The van der Waals surface area contributed by atoms with Crippen molar-refractivity contribution < 1.29 is 4.42 Å². The van der Waals surface area contributed by atoms with Gasteiger partial charge in [0.2, 0.25) is 0 Å². The second-order valence-electron chi connectivity index (χ2n) is 13.6. The molecular formula is C50H30O. The topological polar surface area (TPSA) is 13.1 Å². The van der Waals surface area contributed by atoms with E-state index in [1.54, 1.807) is 0 Å². The predicted octanol–water partition coefficient (Wildman–Crippen LogP) is 14.4. The fourth-order valence-corrected chi connectivity index (χ4v) is 8.59. The first-order chi connectivity index (χ1) is 25.3. The molecule has 0 spiro atoms. The number of furan rings is 1. The summed E-state index contributed by atoms with van der Waals surface area (Å²) < 4.78 is 6.66. The molecular weight excluding hydrogens is 617 g/mol. The molecule has 0 N–H and O–H groups in total. The molecule has 0 saturated carbocycles. The second kappa shape index (κ2) is 10.9. The van der Waals surface area contributed by atoms with E-state index in [2.05, 4.69) is 182 Å². The van der Waals surface area contributed by atoms with Gasteiger partial charge in [0, 0.05) is 16.2 Å². The van der Waals surface area contributed by atoms with Gasteiger partial charge in [-0.05, 0) is 100 Å². The molecule has 0 amide bonds. The Labute approximate surface area is 294 Å². The molecule has 51 heavy (non-hydrogen) atoms. The average molecular weight is 647 g/mol. The first-order valence-electron chi connectivity index (χ1n) is 17.6. The van der Waals surface area contributed by atoms with Gasteiger partial charge in [0.25, 0.3) is 0 Å². The van der Waals surface area contributed by atoms with Crippen LogP contribution in [-0.2, 0) is 0 Å². The van der Waals surface area contributed by atoms with Crippen LogP contribution < -0.4 is 0 Å². The van der Waals surface area contributed by atoms with E-state index < -0.39 is 0 Å². The van der Waals surface area contributed by atoms with Crippen LogP contribution in [0.1, 0.15) is 0 Å². The Hall–Kier alpha value is -6.70. The van der Waals surface area contributed by atoms with Crippen molar-refractivity contribution in [2.75, 3.05) is 0 Å². The monoisotopic (exact) mass is 646 g/mol. The van der Waals surface area contributed by atoms with E-state index in [-0.39, 0.29) is 0 Å². The van der Waals surface area contributed by atoms with Gasteiger partial charge in [-0.3, -0.25) is 0 Å². The van der Waals surface area contributed by atoms with E-state index in [9.17, 15) is 0 Å². The summed E-state index contributed by atoms with van der Waals surface area (Å²) in [7, 11) is 0. The Bertz CT molecular complexity index is 3130. The quantitative estimate of drug-likeness (QED) is 0.138. The Balaban J connectivity index is 1.22. The number of benzene rings is 10. The predicted molar refractivity (Wildman–Crippen MR) is 218 cm³/mol. The lowest BCUT2D eigenvalue weighted by Gasteiger charge is -2.19. The summed E-state index contributed by atoms with van der Waals surface area (Å²) in [6, 6.07) is 66.3. The third kappa shape index (κ3) is 4.16. The van der Waals surface area contributed by atoms with E-state index in [0.717, 1.165) is 27.3 Å². The number of rotatable bonds is 3. The van der Waals surface area contributed by atoms with Crippen LogP contribution in [0.2, 0.25) is 0 Å². The molecule has 0 radical (unpaired) electrons. The van der Waals surface area contributed by atoms with Crippen LogP contribution >= 0.6 is 0 Å². The molecule has 236 valence electrons.